The van der Waals surface area contributed by atoms with E-state index in [1.165, 1.54) is 16.4 Å². The molecule has 0 saturated carbocycles. The number of rotatable bonds is 7. The second-order valence-corrected chi connectivity index (χ2v) is 12.7. The molecule has 4 rings (SSSR count). The van der Waals surface area contributed by atoms with Gasteiger partial charge in [-0.2, -0.15) is 0 Å². The predicted molar refractivity (Wildman–Crippen MR) is 148 cm³/mol. The number of ether oxygens (including phenoxy) is 2. The summed E-state index contributed by atoms with van der Waals surface area (Å²) in [6, 6.07) is 23.2. The summed E-state index contributed by atoms with van der Waals surface area (Å²) in [5, 5.41) is 1.38. The molecule has 0 radical (unpaired) electrons. The zero-order valence-corrected chi connectivity index (χ0v) is 22.6. The average molecular weight is 489 g/mol. The van der Waals surface area contributed by atoms with Crippen LogP contribution in [-0.4, -0.2) is 31.3 Å². The first-order valence-electron chi connectivity index (χ1n) is 12.6. The molecule has 2 unspecified atom stereocenters. The average Bonchev–Trinajstić information content (AvgIpc) is 2.87. The smallest absolute Gasteiger partial charge is 0.134 e. The van der Waals surface area contributed by atoms with Gasteiger partial charge in [0.15, 0.2) is 0 Å². The van der Waals surface area contributed by atoms with Gasteiger partial charge in [-0.15, -0.1) is 0 Å². The van der Waals surface area contributed by atoms with Crippen molar-refractivity contribution in [2.45, 2.75) is 51.9 Å². The van der Waals surface area contributed by atoms with Crippen LogP contribution < -0.4 is 14.8 Å². The third-order valence-corrected chi connectivity index (χ3v) is 11.2. The highest BCUT2D eigenvalue weighted by molar-refractivity contribution is 7.68. The molecule has 1 aliphatic rings. The molecule has 0 N–H and O–H groups in total. The van der Waals surface area contributed by atoms with Crippen LogP contribution >= 0.6 is 7.92 Å². The molecule has 3 nitrogen and oxygen atoms in total. The topological polar surface area (TPSA) is 35.5 Å². The summed E-state index contributed by atoms with van der Waals surface area (Å²) < 4.78 is 11.7. The quantitative estimate of drug-likeness (QED) is 0.322. The van der Waals surface area contributed by atoms with Crippen molar-refractivity contribution >= 4 is 19.0 Å². The highest BCUT2D eigenvalue weighted by atomic mass is 31.1. The second kappa shape index (κ2) is 11.0. The zero-order valence-electron chi connectivity index (χ0n) is 21.7. The summed E-state index contributed by atoms with van der Waals surface area (Å²) in [5.74, 6) is 2.99. The van der Waals surface area contributed by atoms with Crippen molar-refractivity contribution in [3.8, 4) is 33.8 Å². The highest BCUT2D eigenvalue weighted by Gasteiger charge is 2.42. The van der Waals surface area contributed by atoms with Gasteiger partial charge in [-0.3, -0.25) is 4.79 Å². The van der Waals surface area contributed by atoms with E-state index < -0.39 is 7.92 Å². The first kappa shape index (κ1) is 25.5. The van der Waals surface area contributed by atoms with Crippen LogP contribution in [0.5, 0.6) is 11.5 Å². The third-order valence-electron chi connectivity index (χ3n) is 7.22. The SMILES string of the molecule is COc1ccccc1-c1cccc(-c2ccccc2OC)c1P1C(C(C)C)CC(=O)CC1C(C)C. The van der Waals surface area contributed by atoms with Gasteiger partial charge in [0, 0.05) is 24.0 Å². The van der Waals surface area contributed by atoms with Crippen molar-refractivity contribution in [1.82, 2.24) is 0 Å². The number of hydrogen-bond acceptors (Lipinski definition) is 3. The van der Waals surface area contributed by atoms with E-state index in [0.29, 0.717) is 41.8 Å². The lowest BCUT2D eigenvalue weighted by Gasteiger charge is -2.44. The van der Waals surface area contributed by atoms with Crippen LogP contribution in [0.2, 0.25) is 0 Å². The molecule has 0 aromatic heterocycles. The van der Waals surface area contributed by atoms with Crippen molar-refractivity contribution in [2.75, 3.05) is 14.2 Å². The fourth-order valence-electron chi connectivity index (χ4n) is 5.43. The number of benzene rings is 3. The fourth-order valence-corrected chi connectivity index (χ4v) is 9.62. The molecule has 184 valence electrons. The minimum absolute atomic E-state index is 0.336. The molecule has 1 heterocycles. The Hall–Kier alpha value is -2.64. The molecule has 0 aliphatic carbocycles. The minimum atomic E-state index is -0.655. The summed E-state index contributed by atoms with van der Waals surface area (Å²) in [4.78, 5) is 13.0. The van der Waals surface area contributed by atoms with E-state index in [2.05, 4.69) is 70.2 Å². The van der Waals surface area contributed by atoms with E-state index in [1.807, 2.05) is 24.3 Å². The summed E-state index contributed by atoms with van der Waals surface area (Å²) in [6.07, 6.45) is 1.33. The molecule has 35 heavy (non-hydrogen) atoms. The molecular weight excluding hydrogens is 451 g/mol. The van der Waals surface area contributed by atoms with Gasteiger partial charge in [-0.25, -0.2) is 0 Å². The maximum absolute atomic E-state index is 13.0. The number of Topliss-reactive ketones (excluding diaryl/α,β-unsaturated/α-hetero) is 1. The van der Waals surface area contributed by atoms with Crippen LogP contribution in [0.3, 0.4) is 0 Å². The number of carbonyl (C=O) groups excluding carboxylic acids is 1. The van der Waals surface area contributed by atoms with Gasteiger partial charge in [-0.05, 0) is 51.7 Å². The normalized spacial score (nSPS) is 20.3. The Morgan fingerprint density at radius 3 is 1.46 bits per heavy atom. The highest BCUT2D eigenvalue weighted by Crippen LogP contribution is 2.59. The lowest BCUT2D eigenvalue weighted by atomic mass is 9.96. The van der Waals surface area contributed by atoms with E-state index in [9.17, 15) is 4.79 Å². The van der Waals surface area contributed by atoms with E-state index in [1.54, 1.807) is 14.2 Å². The Kier molecular flexibility index (Phi) is 7.97. The lowest BCUT2D eigenvalue weighted by Crippen LogP contribution is -2.38. The Morgan fingerprint density at radius 2 is 1.06 bits per heavy atom. The van der Waals surface area contributed by atoms with E-state index in [-0.39, 0.29) is 0 Å². The number of hydrogen-bond donors (Lipinski definition) is 0. The van der Waals surface area contributed by atoms with Gasteiger partial charge in [0.05, 0.1) is 14.2 Å². The van der Waals surface area contributed by atoms with Crippen LogP contribution in [0.1, 0.15) is 40.5 Å². The van der Waals surface area contributed by atoms with E-state index in [0.717, 1.165) is 22.6 Å². The van der Waals surface area contributed by atoms with Crippen LogP contribution in [0.15, 0.2) is 66.7 Å². The molecule has 0 amide bonds. The molecule has 2 atom stereocenters. The lowest BCUT2D eigenvalue weighted by molar-refractivity contribution is -0.119. The molecule has 3 aromatic rings. The molecule has 0 spiro atoms. The maximum atomic E-state index is 13.0. The van der Waals surface area contributed by atoms with E-state index in [4.69, 9.17) is 9.47 Å². The number of para-hydroxylation sites is 2. The van der Waals surface area contributed by atoms with Crippen LogP contribution in [0.4, 0.5) is 0 Å². The minimum Gasteiger partial charge on any atom is -0.496 e. The van der Waals surface area contributed by atoms with Crippen LogP contribution in [0.25, 0.3) is 22.3 Å². The largest absolute Gasteiger partial charge is 0.496 e. The molecule has 3 aromatic carbocycles. The first-order chi connectivity index (χ1) is 16.9. The van der Waals surface area contributed by atoms with Crippen molar-refractivity contribution in [1.29, 1.82) is 0 Å². The number of methoxy groups -OCH3 is 2. The standard InChI is InChI=1S/C31H37O3P/c1-20(2)29-18-22(32)19-30(21(3)4)35(29)31-25(23-12-7-9-16-27(23)33-5)14-11-15-26(31)24-13-8-10-17-28(24)34-6/h7-17,20-21,29-30H,18-19H2,1-6H3. The Labute approximate surface area is 211 Å². The van der Waals surface area contributed by atoms with Gasteiger partial charge in [0.1, 0.15) is 17.3 Å². The van der Waals surface area contributed by atoms with Gasteiger partial charge in [-0.1, -0.05) is 90.2 Å². The number of carbonyl (C=O) groups is 1. The molecule has 4 heteroatoms. The molecule has 1 aliphatic heterocycles. The Balaban J connectivity index is 2.08. The van der Waals surface area contributed by atoms with Crippen LogP contribution in [-0.2, 0) is 4.79 Å². The molecule has 1 fully saturated rings. The first-order valence-corrected chi connectivity index (χ1v) is 14.0. The summed E-state index contributed by atoms with van der Waals surface area (Å²) in [7, 11) is 2.82. The van der Waals surface area contributed by atoms with E-state index >= 15 is 0 Å². The van der Waals surface area contributed by atoms with Crippen molar-refractivity contribution in [2.24, 2.45) is 11.8 Å². The van der Waals surface area contributed by atoms with Gasteiger partial charge in [0.25, 0.3) is 0 Å². The predicted octanol–water partition coefficient (Wildman–Crippen LogP) is 7.56. The van der Waals surface area contributed by atoms with Crippen LogP contribution in [0, 0.1) is 11.8 Å². The third kappa shape index (κ3) is 5.02. The van der Waals surface area contributed by atoms with Crippen molar-refractivity contribution < 1.29 is 14.3 Å². The molecular formula is C31H37O3P. The van der Waals surface area contributed by atoms with Crippen molar-refractivity contribution in [3.05, 3.63) is 66.7 Å². The summed E-state index contributed by atoms with van der Waals surface area (Å²) in [5.41, 5.74) is 5.30. The fraction of sp³-hybridized carbons (Fsp3) is 0.387. The molecule has 1 saturated heterocycles. The van der Waals surface area contributed by atoms with Gasteiger partial charge < -0.3 is 9.47 Å². The van der Waals surface area contributed by atoms with Crippen molar-refractivity contribution in [3.63, 3.8) is 0 Å². The summed E-state index contributed by atoms with van der Waals surface area (Å²) in [6.45, 7) is 9.13. The Morgan fingerprint density at radius 1 is 0.657 bits per heavy atom. The Bertz CT molecular complexity index is 1100. The molecule has 0 bridgehead atoms. The maximum Gasteiger partial charge on any atom is 0.134 e. The second-order valence-electron chi connectivity index (χ2n) is 10.1. The monoisotopic (exact) mass is 488 g/mol. The summed E-state index contributed by atoms with van der Waals surface area (Å²) >= 11 is 0. The zero-order chi connectivity index (χ0) is 25.1. The van der Waals surface area contributed by atoms with Gasteiger partial charge in [0.2, 0.25) is 0 Å². The van der Waals surface area contributed by atoms with Gasteiger partial charge >= 0.3 is 0 Å². The number of ketones is 1.